The zero-order valence-electron chi connectivity index (χ0n) is 53.9. The molecule has 0 aromatic carbocycles. The van der Waals surface area contributed by atoms with Crippen molar-refractivity contribution in [2.75, 3.05) is 6.54 Å². The summed E-state index contributed by atoms with van der Waals surface area (Å²) in [6.07, 6.45) is 32.5. The Balaban J connectivity index is 0.000000120. The van der Waals surface area contributed by atoms with Crippen LogP contribution in [0, 0.1) is 20.8 Å². The molecule has 1 saturated carbocycles. The second kappa shape index (κ2) is 24.4. The molecular formula is C68H77N21O3. The lowest BCUT2D eigenvalue weighted by atomic mass is 10.1. The number of rotatable bonds is 3. The monoisotopic (exact) mass is 1240 g/mol. The molecule has 92 heavy (non-hydrogen) atoms. The molecular weight excluding hydrogens is 1160 g/mol. The van der Waals surface area contributed by atoms with Crippen LogP contribution < -0.4 is 0 Å². The Bertz CT molecular complexity index is 4310. The molecule has 0 radical (unpaired) electrons. The number of aromatic nitrogens is 18. The fourth-order valence-electron chi connectivity index (χ4n) is 13.5. The van der Waals surface area contributed by atoms with Gasteiger partial charge in [-0.1, -0.05) is 18.2 Å². The molecule has 4 aliphatic carbocycles. The Morgan fingerprint density at radius 3 is 1.23 bits per heavy atom. The largest absolute Gasteiger partial charge is 0.337 e. The van der Waals surface area contributed by atoms with Gasteiger partial charge in [-0.25, -0.2) is 15.0 Å². The van der Waals surface area contributed by atoms with Crippen molar-refractivity contribution >= 4 is 34.4 Å². The van der Waals surface area contributed by atoms with Crippen molar-refractivity contribution < 1.29 is 14.4 Å². The van der Waals surface area contributed by atoms with Crippen LogP contribution in [-0.2, 0) is 94.1 Å². The number of amides is 3. The van der Waals surface area contributed by atoms with E-state index in [1.807, 2.05) is 133 Å². The first-order chi connectivity index (χ1) is 44.5. The molecule has 9 aromatic heterocycles. The number of hydrogen-bond acceptors (Lipinski definition) is 15. The highest BCUT2D eigenvalue weighted by molar-refractivity contribution is 5.86. The molecule has 1 fully saturated rings. The zero-order chi connectivity index (χ0) is 63.6. The van der Waals surface area contributed by atoms with E-state index in [1.54, 1.807) is 9.36 Å². The third-order valence-electron chi connectivity index (χ3n) is 18.4. The minimum Gasteiger partial charge on any atom is -0.337 e. The first kappa shape index (κ1) is 59.7. The van der Waals surface area contributed by atoms with Crippen LogP contribution in [0.15, 0.2) is 74.0 Å². The van der Waals surface area contributed by atoms with E-state index in [0.29, 0.717) is 64.6 Å². The summed E-state index contributed by atoms with van der Waals surface area (Å²) in [7, 11) is 5.71. The average Bonchev–Trinajstić information content (AvgIpc) is 1.63. The maximum absolute atomic E-state index is 13.1. The highest BCUT2D eigenvalue weighted by Crippen LogP contribution is 2.39. The van der Waals surface area contributed by atoms with E-state index < -0.39 is 0 Å². The van der Waals surface area contributed by atoms with Gasteiger partial charge >= 0.3 is 0 Å². The average molecular weight is 1240 g/mol. The number of aryl methyl sites for hydroxylation is 9. The number of carbonyl (C=O) groups is 3. The van der Waals surface area contributed by atoms with Crippen molar-refractivity contribution in [1.29, 1.82) is 0 Å². The van der Waals surface area contributed by atoms with E-state index >= 15 is 0 Å². The number of allylic oxidation sites excluding steroid dienone is 3. The number of nitrogens with zero attached hydrogens (tertiary/aromatic N) is 21. The molecule has 12 heterocycles. The predicted octanol–water partition coefficient (Wildman–Crippen LogP) is 8.07. The van der Waals surface area contributed by atoms with Gasteiger partial charge in [0.05, 0.1) is 124 Å². The van der Waals surface area contributed by atoms with Crippen LogP contribution in [0.5, 0.6) is 0 Å². The fraction of sp³-hybridized carbons (Fsp3) is 0.426. The molecule has 24 nitrogen and oxygen atoms in total. The zero-order valence-corrected chi connectivity index (χ0v) is 53.9. The molecule has 24 heteroatoms. The molecule has 0 spiro atoms. The van der Waals surface area contributed by atoms with Crippen molar-refractivity contribution in [1.82, 2.24) is 103 Å². The summed E-state index contributed by atoms with van der Waals surface area (Å²) in [5.41, 5.74) is 23.0. The summed E-state index contributed by atoms with van der Waals surface area (Å²) in [5, 5.41) is 28.1. The number of carbonyl (C=O) groups excluding carboxylic acids is 3. The molecule has 3 aliphatic heterocycles. The van der Waals surface area contributed by atoms with Gasteiger partial charge < -0.3 is 14.7 Å². The minimum absolute atomic E-state index is 0.0808. The normalized spacial score (nSPS) is 17.0. The van der Waals surface area contributed by atoms with Gasteiger partial charge in [0.25, 0.3) is 0 Å². The minimum atomic E-state index is 0.0808. The number of fused-ring (bicyclic) bond motifs is 18. The van der Waals surface area contributed by atoms with Gasteiger partial charge in [-0.2, -0.15) is 30.6 Å². The van der Waals surface area contributed by atoms with Gasteiger partial charge in [0.15, 0.2) is 0 Å². The Labute approximate surface area is 533 Å². The predicted molar refractivity (Wildman–Crippen MR) is 344 cm³/mol. The molecule has 0 unspecified atom stereocenters. The van der Waals surface area contributed by atoms with Crippen LogP contribution in [0.3, 0.4) is 0 Å². The van der Waals surface area contributed by atoms with E-state index in [-0.39, 0.29) is 23.8 Å². The highest BCUT2D eigenvalue weighted by Gasteiger charge is 2.35. The van der Waals surface area contributed by atoms with E-state index in [0.717, 1.165) is 193 Å². The molecule has 16 rings (SSSR count). The van der Waals surface area contributed by atoms with Gasteiger partial charge in [0.2, 0.25) is 17.7 Å². The van der Waals surface area contributed by atoms with Crippen LogP contribution in [0.1, 0.15) is 157 Å². The van der Waals surface area contributed by atoms with Gasteiger partial charge in [-0.05, 0) is 73.6 Å². The summed E-state index contributed by atoms with van der Waals surface area (Å²) in [6.45, 7) is 16.4. The molecule has 0 atom stereocenters. The van der Waals surface area contributed by atoms with Crippen molar-refractivity contribution in [3.05, 3.63) is 159 Å². The topological polar surface area (TPSA) is 245 Å². The molecule has 12 bridgehead atoms. The Kier molecular flexibility index (Phi) is 15.8. The van der Waals surface area contributed by atoms with Crippen LogP contribution in [0.4, 0.5) is 0 Å². The van der Waals surface area contributed by atoms with E-state index in [9.17, 15) is 14.4 Å². The summed E-state index contributed by atoms with van der Waals surface area (Å²) >= 11 is 0. The number of hydrogen-bond donors (Lipinski definition) is 0. The lowest BCUT2D eigenvalue weighted by Gasteiger charge is -2.26. The Morgan fingerprint density at radius 1 is 0.457 bits per heavy atom. The van der Waals surface area contributed by atoms with Crippen molar-refractivity contribution in [2.24, 2.45) is 21.1 Å². The summed E-state index contributed by atoms with van der Waals surface area (Å²) in [6, 6.07) is 0.412. The SMILES string of the molecule is CCN1Cc2nn(C)cc2-c2cnc3c(n2)C(=CC3)c2cn(nc2C)CCCC1=O.Cc1nn2cc1C1=CCc3ncc(nc31)-c1cn(C)nc1CN(C(C)C)C(=O)CCC2.Cc1nn2cc1C1=CCc3ncc(nc31)-c1cn(C)nc1CN(C1CC1)C(=O)CCC2. The van der Waals surface area contributed by atoms with Crippen molar-refractivity contribution in [3.63, 3.8) is 0 Å². The summed E-state index contributed by atoms with van der Waals surface area (Å²) < 4.78 is 11.2. The highest BCUT2D eigenvalue weighted by atomic mass is 16.2. The second-order valence-corrected chi connectivity index (χ2v) is 25.4. The van der Waals surface area contributed by atoms with Crippen molar-refractivity contribution in [3.8, 4) is 33.8 Å². The molecule has 3 amide bonds. The van der Waals surface area contributed by atoms with Gasteiger partial charge in [-0.15, -0.1) is 0 Å². The van der Waals surface area contributed by atoms with Gasteiger partial charge in [0, 0.05) is 185 Å². The van der Waals surface area contributed by atoms with Gasteiger partial charge in [-0.3, -0.25) is 57.4 Å². The molecule has 9 aromatic rings. The molecule has 0 N–H and O–H groups in total. The van der Waals surface area contributed by atoms with Gasteiger partial charge in [0.1, 0.15) is 0 Å². The second-order valence-electron chi connectivity index (χ2n) is 25.4. The van der Waals surface area contributed by atoms with Crippen LogP contribution >= 0.6 is 0 Å². The molecule has 472 valence electrons. The third-order valence-corrected chi connectivity index (χ3v) is 18.4. The summed E-state index contributed by atoms with van der Waals surface area (Å²) in [5.74, 6) is 0.466. The smallest absolute Gasteiger partial charge is 0.223 e. The van der Waals surface area contributed by atoms with Crippen LogP contribution in [0.25, 0.3) is 50.5 Å². The lowest BCUT2D eigenvalue weighted by Crippen LogP contribution is -2.36. The fourth-order valence-corrected chi connectivity index (χ4v) is 13.5. The van der Waals surface area contributed by atoms with E-state index in [2.05, 4.69) is 52.1 Å². The summed E-state index contributed by atoms with van der Waals surface area (Å²) in [4.78, 5) is 74.0. The van der Waals surface area contributed by atoms with E-state index in [1.165, 1.54) is 0 Å². The Morgan fingerprint density at radius 2 is 0.837 bits per heavy atom. The van der Waals surface area contributed by atoms with E-state index in [4.69, 9.17) is 45.2 Å². The first-order valence-corrected chi connectivity index (χ1v) is 32.3. The standard InChI is InChI=1S/C23H25N7O.C23H27N7O.C22H25N7O/c1-14-17-12-29(26-14)9-3-4-22(31)30(15-5-6-15)13-21-18(11-28(2)27-21)20-10-24-19-8-7-16(17)23(19)25-20;1-14(2)30-13-21-18(11-28(4)27-21)20-10-24-19-8-7-16(23(19)25-20)17-12-29(26-15(17)3)9-5-6-22(30)31;1-4-28-13-20-17(11-27(3)26-20)19-10-23-18-8-7-15(22(18)24-19)16-12-29(25-14(16)2)9-5-6-21(28)30/h7,10-12,15H,3-6,8-9,13H2,1-2H3;7,10-12,14H,5-6,8-9,13H2,1-4H3;7,10-12H,4-6,8-9,13H2,1-3H3. The Hall–Kier alpha value is -9.87. The van der Waals surface area contributed by atoms with Crippen molar-refractivity contribution in [2.45, 2.75) is 164 Å². The molecule has 7 aliphatic rings. The van der Waals surface area contributed by atoms with Crippen LogP contribution in [-0.4, -0.2) is 140 Å². The third kappa shape index (κ3) is 11.7. The quantitative estimate of drug-likeness (QED) is 0.162. The van der Waals surface area contributed by atoms with Crippen LogP contribution in [0.2, 0.25) is 0 Å². The molecule has 0 saturated heterocycles. The maximum Gasteiger partial charge on any atom is 0.223 e. The maximum atomic E-state index is 13.1. The lowest BCUT2D eigenvalue weighted by molar-refractivity contribution is -0.134. The first-order valence-electron chi connectivity index (χ1n) is 32.3.